The Balaban J connectivity index is 2.30. The summed E-state index contributed by atoms with van der Waals surface area (Å²) in [6.07, 6.45) is -1.80. The van der Waals surface area contributed by atoms with Crippen molar-refractivity contribution in [3.63, 3.8) is 0 Å². The number of nitrogens with one attached hydrogen (secondary N) is 4. The molecule has 0 saturated carbocycles. The van der Waals surface area contributed by atoms with E-state index in [0.29, 0.717) is 17.5 Å². The lowest BCUT2D eigenvalue weighted by atomic mass is 9.96. The molecule has 16 heteroatoms. The van der Waals surface area contributed by atoms with Crippen LogP contribution in [0.5, 0.6) is 11.5 Å². The number of aromatic hydroxyl groups is 2. The number of amides is 5. The first-order valence-corrected chi connectivity index (χ1v) is 15.7. The van der Waals surface area contributed by atoms with Crippen LogP contribution in [0.1, 0.15) is 51.2 Å². The summed E-state index contributed by atoms with van der Waals surface area (Å²) in [6.45, 7) is 4.71. The standard InChI is InChI=1S/C33H46N6O10/c1-4-17(2)27(38-29(44)23(34)15-19-5-9-21(41)10-6-19)31(46)37-25(16-20-7-11-22(42)12-8-20)30(45)39-28(18(3)40)32(47)36-24(33(48)49)13-14-26(35)43/h5-12,17-18,23-25,27-28,40-42H,4,13-16,34H2,1-3H3,(H2,35,43)(H,36,47)(H,37,46)(H,38,44)(H,39,45)(H,48,49)/t17-,18+,23-,24-,25-,27-,28-/m0/s1. The third kappa shape index (κ3) is 13.1. The zero-order chi connectivity index (χ0) is 36.8. The highest BCUT2D eigenvalue weighted by Gasteiger charge is 2.35. The molecule has 16 nitrogen and oxygen atoms in total. The Bertz CT molecular complexity index is 1450. The number of carboxylic acids is 1. The molecule has 49 heavy (non-hydrogen) atoms. The minimum Gasteiger partial charge on any atom is -0.508 e. The Morgan fingerprint density at radius 1 is 0.694 bits per heavy atom. The number of benzene rings is 2. The maximum atomic E-state index is 13.7. The summed E-state index contributed by atoms with van der Waals surface area (Å²) < 4.78 is 0. The van der Waals surface area contributed by atoms with E-state index in [1.807, 2.05) is 0 Å². The maximum absolute atomic E-state index is 13.7. The number of phenolic OH excluding ortho intramolecular Hbond substituents is 2. The minimum atomic E-state index is -1.68. The summed E-state index contributed by atoms with van der Waals surface area (Å²) in [7, 11) is 0. The lowest BCUT2D eigenvalue weighted by Crippen LogP contribution is -2.61. The number of phenols is 2. The normalized spacial score (nSPS) is 15.3. The summed E-state index contributed by atoms with van der Waals surface area (Å²) in [6, 6.07) is 5.07. The molecule has 7 atom stereocenters. The number of aliphatic hydroxyl groups excluding tert-OH is 1. The van der Waals surface area contributed by atoms with Crippen LogP contribution in [0.2, 0.25) is 0 Å². The van der Waals surface area contributed by atoms with Gasteiger partial charge in [-0.1, -0.05) is 44.5 Å². The van der Waals surface area contributed by atoms with Gasteiger partial charge in [0, 0.05) is 12.8 Å². The van der Waals surface area contributed by atoms with Crippen LogP contribution >= 0.6 is 0 Å². The van der Waals surface area contributed by atoms with E-state index in [1.165, 1.54) is 43.3 Å². The summed E-state index contributed by atoms with van der Waals surface area (Å²) in [5.74, 6) is -6.06. The number of primary amides is 1. The van der Waals surface area contributed by atoms with E-state index in [-0.39, 0.29) is 37.2 Å². The first-order chi connectivity index (χ1) is 23.0. The zero-order valence-corrected chi connectivity index (χ0v) is 27.6. The van der Waals surface area contributed by atoms with Gasteiger partial charge in [0.1, 0.15) is 35.7 Å². The van der Waals surface area contributed by atoms with Crippen LogP contribution in [0.15, 0.2) is 48.5 Å². The van der Waals surface area contributed by atoms with Crippen LogP contribution in [0, 0.1) is 5.92 Å². The van der Waals surface area contributed by atoms with Crippen LogP contribution in [0.3, 0.4) is 0 Å². The van der Waals surface area contributed by atoms with Gasteiger partial charge in [-0.2, -0.15) is 0 Å². The highest BCUT2D eigenvalue weighted by molar-refractivity contribution is 5.96. The second-order valence-corrected chi connectivity index (χ2v) is 11.9. The Morgan fingerprint density at radius 3 is 1.63 bits per heavy atom. The SMILES string of the molecule is CC[C@H](C)[C@H](NC(=O)[C@@H](N)Cc1ccc(O)cc1)C(=O)N[C@@H](Cc1ccc(O)cc1)C(=O)N[C@H](C(=O)N[C@@H](CCC(N)=O)C(=O)O)[C@@H](C)O. The zero-order valence-electron chi connectivity index (χ0n) is 27.6. The molecule has 0 aliphatic heterocycles. The van der Waals surface area contributed by atoms with Crippen molar-refractivity contribution >= 4 is 35.5 Å². The second-order valence-electron chi connectivity index (χ2n) is 11.9. The Kier molecular flexibility index (Phi) is 15.4. The van der Waals surface area contributed by atoms with E-state index in [2.05, 4.69) is 21.3 Å². The topological polar surface area (TPSA) is 284 Å². The van der Waals surface area contributed by atoms with Crippen LogP contribution < -0.4 is 32.7 Å². The molecule has 0 saturated heterocycles. The number of hydrogen-bond acceptors (Lipinski definition) is 10. The molecule has 5 amide bonds. The second kappa shape index (κ2) is 18.9. The smallest absolute Gasteiger partial charge is 0.326 e. The van der Waals surface area contributed by atoms with Gasteiger partial charge < -0.3 is 53.2 Å². The molecule has 12 N–H and O–H groups in total. The summed E-state index contributed by atoms with van der Waals surface area (Å²) in [5.41, 5.74) is 12.4. The van der Waals surface area contributed by atoms with E-state index in [1.54, 1.807) is 26.0 Å². The molecular weight excluding hydrogens is 640 g/mol. The van der Waals surface area contributed by atoms with E-state index >= 15 is 0 Å². The Hall–Kier alpha value is -5.22. The van der Waals surface area contributed by atoms with Gasteiger partial charge in [-0.3, -0.25) is 24.0 Å². The largest absolute Gasteiger partial charge is 0.508 e. The van der Waals surface area contributed by atoms with Gasteiger partial charge in [0.15, 0.2) is 0 Å². The Labute approximate surface area is 283 Å². The number of aliphatic hydroxyl groups is 1. The van der Waals surface area contributed by atoms with Crippen LogP contribution in [-0.4, -0.2) is 92.2 Å². The lowest BCUT2D eigenvalue weighted by molar-refractivity contribution is -0.143. The molecule has 0 aromatic heterocycles. The number of carboxylic acid groups (broad SMARTS) is 1. The molecule has 0 aliphatic rings. The number of rotatable bonds is 19. The molecule has 0 heterocycles. The number of aliphatic carboxylic acids is 1. The van der Waals surface area contributed by atoms with Crippen molar-refractivity contribution in [1.82, 2.24) is 21.3 Å². The third-order valence-corrected chi connectivity index (χ3v) is 7.89. The maximum Gasteiger partial charge on any atom is 0.326 e. The molecule has 0 fully saturated rings. The van der Waals surface area contributed by atoms with Gasteiger partial charge >= 0.3 is 5.97 Å². The highest BCUT2D eigenvalue weighted by Crippen LogP contribution is 2.15. The van der Waals surface area contributed by atoms with Crippen molar-refractivity contribution in [2.75, 3.05) is 0 Å². The van der Waals surface area contributed by atoms with Gasteiger partial charge in [-0.05, 0) is 61.1 Å². The fourth-order valence-electron chi connectivity index (χ4n) is 4.74. The summed E-state index contributed by atoms with van der Waals surface area (Å²) in [5, 5.41) is 48.9. The quantitative estimate of drug-likeness (QED) is 0.0849. The average Bonchev–Trinajstić information content (AvgIpc) is 3.04. The molecular formula is C33H46N6O10. The van der Waals surface area contributed by atoms with Crippen molar-refractivity contribution in [2.45, 2.75) is 89.2 Å². The lowest BCUT2D eigenvalue weighted by Gasteiger charge is -2.29. The van der Waals surface area contributed by atoms with Crippen LogP contribution in [0.25, 0.3) is 0 Å². The van der Waals surface area contributed by atoms with Crippen molar-refractivity contribution in [3.05, 3.63) is 59.7 Å². The van der Waals surface area contributed by atoms with Gasteiger partial charge in [-0.25, -0.2) is 4.79 Å². The van der Waals surface area contributed by atoms with Crippen molar-refractivity contribution < 1.29 is 49.2 Å². The molecule has 0 aliphatic carbocycles. The van der Waals surface area contributed by atoms with E-state index in [4.69, 9.17) is 11.5 Å². The Morgan fingerprint density at radius 2 is 1.16 bits per heavy atom. The van der Waals surface area contributed by atoms with Crippen LogP contribution in [0.4, 0.5) is 0 Å². The highest BCUT2D eigenvalue weighted by atomic mass is 16.4. The van der Waals surface area contributed by atoms with E-state index < -0.39 is 77.7 Å². The molecule has 2 aromatic rings. The van der Waals surface area contributed by atoms with Gasteiger partial charge in [0.2, 0.25) is 29.5 Å². The van der Waals surface area contributed by atoms with E-state index in [9.17, 15) is 49.2 Å². The monoisotopic (exact) mass is 686 g/mol. The minimum absolute atomic E-state index is 0.0474. The predicted molar refractivity (Wildman–Crippen MR) is 177 cm³/mol. The average molecular weight is 687 g/mol. The molecule has 2 aromatic carbocycles. The van der Waals surface area contributed by atoms with Crippen molar-refractivity contribution in [3.8, 4) is 11.5 Å². The summed E-state index contributed by atoms with van der Waals surface area (Å²) >= 11 is 0. The van der Waals surface area contributed by atoms with Crippen LogP contribution in [-0.2, 0) is 41.6 Å². The molecule has 0 spiro atoms. The molecule has 2 rings (SSSR count). The molecule has 0 radical (unpaired) electrons. The third-order valence-electron chi connectivity index (χ3n) is 7.89. The van der Waals surface area contributed by atoms with Gasteiger partial charge in [0.05, 0.1) is 12.1 Å². The van der Waals surface area contributed by atoms with Crippen molar-refractivity contribution in [1.29, 1.82) is 0 Å². The predicted octanol–water partition coefficient (Wildman–Crippen LogP) is -1.07. The number of nitrogens with two attached hydrogens (primary N) is 2. The number of hydrogen-bond donors (Lipinski definition) is 10. The van der Waals surface area contributed by atoms with Crippen molar-refractivity contribution in [2.24, 2.45) is 17.4 Å². The fraction of sp³-hybridized carbons (Fsp3) is 0.455. The fourth-order valence-corrected chi connectivity index (χ4v) is 4.74. The number of carbonyl (C=O) groups excluding carboxylic acids is 5. The molecule has 268 valence electrons. The van der Waals surface area contributed by atoms with E-state index in [0.717, 1.165) is 0 Å². The molecule has 0 unspecified atom stereocenters. The first kappa shape index (κ1) is 40.0. The van der Waals surface area contributed by atoms with Gasteiger partial charge in [0.25, 0.3) is 0 Å². The first-order valence-electron chi connectivity index (χ1n) is 15.7. The number of carbonyl (C=O) groups is 6. The van der Waals surface area contributed by atoms with Gasteiger partial charge in [-0.15, -0.1) is 0 Å². The molecule has 0 bridgehead atoms. The summed E-state index contributed by atoms with van der Waals surface area (Å²) in [4.78, 5) is 76.3.